The number of carbonyl (C=O) groups is 1. The molecule has 3 rings (SSSR count). The van der Waals surface area contributed by atoms with Gasteiger partial charge in [0.25, 0.3) is 0 Å². The molecule has 0 aliphatic rings. The Hall–Kier alpha value is -3.15. The maximum atomic E-state index is 13.4. The molecule has 0 spiro atoms. The number of benzene rings is 2. The van der Waals surface area contributed by atoms with E-state index in [2.05, 4.69) is 20.8 Å². The van der Waals surface area contributed by atoms with Gasteiger partial charge in [0.2, 0.25) is 0 Å². The monoisotopic (exact) mass is 424 g/mol. The molecule has 0 atom stereocenters. The van der Waals surface area contributed by atoms with Crippen LogP contribution in [-0.4, -0.2) is 27.5 Å². The van der Waals surface area contributed by atoms with Gasteiger partial charge >= 0.3 is 5.97 Å². The van der Waals surface area contributed by atoms with Gasteiger partial charge in [0, 0.05) is 17.7 Å². The van der Waals surface area contributed by atoms with Crippen LogP contribution in [0, 0.1) is 11.7 Å². The van der Waals surface area contributed by atoms with Crippen LogP contribution in [0.15, 0.2) is 48.5 Å². The summed E-state index contributed by atoms with van der Waals surface area (Å²) in [5.74, 6) is -0.122. The van der Waals surface area contributed by atoms with Crippen molar-refractivity contribution in [2.75, 3.05) is 6.61 Å². The number of aromatic nitrogens is 2. The second kappa shape index (κ2) is 10.2. The largest absolute Gasteiger partial charge is 0.493 e. The van der Waals surface area contributed by atoms with Crippen molar-refractivity contribution in [3.63, 3.8) is 0 Å². The summed E-state index contributed by atoms with van der Waals surface area (Å²) >= 11 is 0. The summed E-state index contributed by atoms with van der Waals surface area (Å²) in [5.41, 5.74) is 3.91. The van der Waals surface area contributed by atoms with E-state index in [1.165, 1.54) is 12.1 Å². The van der Waals surface area contributed by atoms with Crippen molar-refractivity contribution < 1.29 is 19.0 Å². The standard InChI is InChI=1S/C25H29FN2O3/c1-4-5-12-31-24-11-6-18(14-25(29)30)13-21(24)22-15-23(28(27-22)16-17(2)3)19-7-9-20(26)10-8-19/h6-11,13,15,17H,4-5,12,14,16H2,1-3H3,(H,29,30). The number of aliphatic carboxylic acids is 1. The maximum absolute atomic E-state index is 13.4. The highest BCUT2D eigenvalue weighted by molar-refractivity contribution is 5.76. The van der Waals surface area contributed by atoms with Gasteiger partial charge in [0.05, 0.1) is 24.4 Å². The number of unbranched alkanes of at least 4 members (excludes halogenated alkanes) is 1. The van der Waals surface area contributed by atoms with Crippen LogP contribution in [0.1, 0.15) is 39.2 Å². The molecule has 0 unspecified atom stereocenters. The summed E-state index contributed by atoms with van der Waals surface area (Å²) in [6, 6.07) is 13.8. The van der Waals surface area contributed by atoms with E-state index >= 15 is 0 Å². The van der Waals surface area contributed by atoms with Gasteiger partial charge in [-0.25, -0.2) is 4.39 Å². The van der Waals surface area contributed by atoms with Gasteiger partial charge in [-0.1, -0.05) is 33.3 Å². The first kappa shape index (κ1) is 22.5. The van der Waals surface area contributed by atoms with Gasteiger partial charge in [-0.05, 0) is 60.4 Å². The fourth-order valence-electron chi connectivity index (χ4n) is 3.40. The lowest BCUT2D eigenvalue weighted by Crippen LogP contribution is -2.08. The first-order chi connectivity index (χ1) is 14.9. The normalized spacial score (nSPS) is 11.1. The van der Waals surface area contributed by atoms with Crippen molar-refractivity contribution in [2.45, 2.75) is 46.6 Å². The molecule has 31 heavy (non-hydrogen) atoms. The molecule has 0 aliphatic heterocycles. The van der Waals surface area contributed by atoms with Gasteiger partial charge in [0.1, 0.15) is 11.6 Å². The fraction of sp³-hybridized carbons (Fsp3) is 0.360. The van der Waals surface area contributed by atoms with Crippen molar-refractivity contribution in [1.29, 1.82) is 0 Å². The molecule has 0 fully saturated rings. The fourth-order valence-corrected chi connectivity index (χ4v) is 3.40. The number of nitrogens with zero attached hydrogens (tertiary/aromatic N) is 2. The van der Waals surface area contributed by atoms with Gasteiger partial charge in [-0.2, -0.15) is 5.10 Å². The lowest BCUT2D eigenvalue weighted by Gasteiger charge is -2.12. The molecule has 0 saturated heterocycles. The molecule has 0 bridgehead atoms. The third-order valence-electron chi connectivity index (χ3n) is 4.89. The van der Waals surface area contributed by atoms with Crippen LogP contribution < -0.4 is 4.74 Å². The first-order valence-corrected chi connectivity index (χ1v) is 10.7. The Morgan fingerprint density at radius 1 is 1.16 bits per heavy atom. The SMILES string of the molecule is CCCCOc1ccc(CC(=O)O)cc1-c1cc(-c2ccc(F)cc2)n(CC(C)C)n1. The molecule has 6 heteroatoms. The first-order valence-electron chi connectivity index (χ1n) is 10.7. The van der Waals surface area contributed by atoms with E-state index in [4.69, 9.17) is 9.84 Å². The van der Waals surface area contributed by atoms with Crippen molar-refractivity contribution in [1.82, 2.24) is 9.78 Å². The molecule has 0 saturated carbocycles. The van der Waals surface area contributed by atoms with Crippen molar-refractivity contribution >= 4 is 5.97 Å². The maximum Gasteiger partial charge on any atom is 0.307 e. The molecule has 5 nitrogen and oxygen atoms in total. The molecule has 164 valence electrons. The Balaban J connectivity index is 2.08. The molecule has 3 aromatic rings. The predicted octanol–water partition coefficient (Wildman–Crippen LogP) is 5.82. The van der Waals surface area contributed by atoms with Gasteiger partial charge < -0.3 is 9.84 Å². The molecule has 1 N–H and O–H groups in total. The number of rotatable bonds is 10. The third-order valence-corrected chi connectivity index (χ3v) is 4.89. The molecule has 1 heterocycles. The van der Waals surface area contributed by atoms with Crippen molar-refractivity contribution in [3.8, 4) is 28.3 Å². The Kier molecular flexibility index (Phi) is 7.45. The van der Waals surface area contributed by atoms with E-state index in [1.54, 1.807) is 18.2 Å². The Bertz CT molecular complexity index is 1030. The summed E-state index contributed by atoms with van der Waals surface area (Å²) in [5, 5.41) is 14.0. The lowest BCUT2D eigenvalue weighted by molar-refractivity contribution is -0.136. The summed E-state index contributed by atoms with van der Waals surface area (Å²) < 4.78 is 21.4. The summed E-state index contributed by atoms with van der Waals surface area (Å²) in [6.07, 6.45) is 1.88. The number of ether oxygens (including phenoxy) is 1. The van der Waals surface area contributed by atoms with E-state index in [0.717, 1.165) is 29.7 Å². The van der Waals surface area contributed by atoms with Crippen LogP contribution in [-0.2, 0) is 17.8 Å². The Morgan fingerprint density at radius 3 is 2.55 bits per heavy atom. The summed E-state index contributed by atoms with van der Waals surface area (Å²) in [6.45, 7) is 7.61. The number of halogens is 1. The van der Waals surface area contributed by atoms with Gasteiger partial charge in [-0.15, -0.1) is 0 Å². The Labute approximate surface area is 182 Å². The lowest BCUT2D eigenvalue weighted by atomic mass is 10.0. The minimum atomic E-state index is -0.886. The van der Waals surface area contributed by atoms with Crippen LogP contribution in [0.2, 0.25) is 0 Å². The average Bonchev–Trinajstić information content (AvgIpc) is 3.12. The van der Waals surface area contributed by atoms with E-state index in [1.807, 2.05) is 22.9 Å². The third kappa shape index (κ3) is 5.94. The highest BCUT2D eigenvalue weighted by atomic mass is 19.1. The van der Waals surface area contributed by atoms with Crippen LogP contribution in [0.3, 0.4) is 0 Å². The van der Waals surface area contributed by atoms with Gasteiger partial charge in [0.15, 0.2) is 0 Å². The topological polar surface area (TPSA) is 64.3 Å². The highest BCUT2D eigenvalue weighted by Crippen LogP contribution is 2.34. The van der Waals surface area contributed by atoms with E-state index in [9.17, 15) is 14.3 Å². The summed E-state index contributed by atoms with van der Waals surface area (Å²) in [4.78, 5) is 11.2. The predicted molar refractivity (Wildman–Crippen MR) is 120 cm³/mol. The zero-order valence-corrected chi connectivity index (χ0v) is 18.3. The smallest absolute Gasteiger partial charge is 0.307 e. The minimum Gasteiger partial charge on any atom is -0.493 e. The van der Waals surface area contributed by atoms with Crippen molar-refractivity contribution in [2.24, 2.45) is 5.92 Å². The van der Waals surface area contributed by atoms with Crippen LogP contribution in [0.5, 0.6) is 5.75 Å². The number of hydrogen-bond acceptors (Lipinski definition) is 3. The molecular weight excluding hydrogens is 395 g/mol. The van der Waals surface area contributed by atoms with E-state index in [-0.39, 0.29) is 12.2 Å². The van der Waals surface area contributed by atoms with Crippen LogP contribution >= 0.6 is 0 Å². The van der Waals surface area contributed by atoms with Crippen LogP contribution in [0.4, 0.5) is 4.39 Å². The summed E-state index contributed by atoms with van der Waals surface area (Å²) in [7, 11) is 0. The Morgan fingerprint density at radius 2 is 1.90 bits per heavy atom. The molecule has 0 amide bonds. The zero-order chi connectivity index (χ0) is 22.4. The molecule has 2 aromatic carbocycles. The van der Waals surface area contributed by atoms with Crippen molar-refractivity contribution in [3.05, 3.63) is 59.9 Å². The van der Waals surface area contributed by atoms with E-state index < -0.39 is 5.97 Å². The highest BCUT2D eigenvalue weighted by Gasteiger charge is 2.17. The minimum absolute atomic E-state index is 0.0697. The van der Waals surface area contributed by atoms with E-state index in [0.29, 0.717) is 36.1 Å². The molecule has 0 radical (unpaired) electrons. The molecule has 0 aliphatic carbocycles. The molecule has 1 aromatic heterocycles. The van der Waals surface area contributed by atoms with Crippen LogP contribution in [0.25, 0.3) is 22.5 Å². The number of carboxylic acid groups (broad SMARTS) is 1. The number of carboxylic acids is 1. The zero-order valence-electron chi connectivity index (χ0n) is 18.3. The second-order valence-electron chi connectivity index (χ2n) is 8.10. The second-order valence-corrected chi connectivity index (χ2v) is 8.10. The average molecular weight is 425 g/mol. The quantitative estimate of drug-likeness (QED) is 0.417. The van der Waals surface area contributed by atoms with Gasteiger partial charge in [-0.3, -0.25) is 9.48 Å². The molecular formula is C25H29FN2O3. The number of hydrogen-bond donors (Lipinski definition) is 1.